The van der Waals surface area contributed by atoms with Crippen molar-refractivity contribution >= 4 is 29.0 Å². The molecular weight excluding hydrogens is 528 g/mol. The number of amides is 1. The molecule has 42 heavy (non-hydrogen) atoms. The topological polar surface area (TPSA) is 84.9 Å². The number of carbonyl (C=O) groups is 3. The number of rotatable bonds is 5. The molecule has 2 atom stereocenters. The van der Waals surface area contributed by atoms with Crippen LogP contribution in [0.1, 0.15) is 56.6 Å². The number of nitrogens with zero attached hydrogens (tertiary/aromatic N) is 1. The Morgan fingerprint density at radius 3 is 2.12 bits per heavy atom. The second-order valence-electron chi connectivity index (χ2n) is 10.4. The molecule has 1 N–H and O–H groups in total. The molecular formula is C35H30N2O5. The SMILES string of the molecule is COC(=O)c1ccc([C@H]2C3=C(C[C@@H](c4ccc(OC)cc4)CC3=O)Nc3ccccc3N2C(=O)c2ccccc2)cc1. The van der Waals surface area contributed by atoms with E-state index in [1.165, 1.54) is 7.11 Å². The minimum atomic E-state index is -0.722. The van der Waals surface area contributed by atoms with Crippen LogP contribution in [-0.4, -0.2) is 31.9 Å². The van der Waals surface area contributed by atoms with Crippen LogP contribution in [0.5, 0.6) is 5.75 Å². The number of fused-ring (bicyclic) bond motifs is 1. The number of esters is 1. The third kappa shape index (κ3) is 4.94. The molecule has 4 aromatic carbocycles. The van der Waals surface area contributed by atoms with Crippen molar-refractivity contribution in [2.75, 3.05) is 24.4 Å². The number of Topliss-reactive ketones (excluding diaryl/α,β-unsaturated/α-hetero) is 1. The standard InChI is InChI=1S/C35H30N2O5/c1-41-27-18-16-22(17-19-27)26-20-29-32(31(38)21-26)33(23-12-14-25(15-13-23)35(40)42-2)37(30-11-7-6-10-28(30)36-29)34(39)24-8-4-3-5-9-24/h3-19,26,33,36H,20-21H2,1-2H3/t26-,33+/m1/s1. The van der Waals surface area contributed by atoms with Crippen LogP contribution in [0, 0.1) is 0 Å². The Balaban J connectivity index is 1.53. The fraction of sp³-hybridized carbons (Fsp3) is 0.171. The van der Waals surface area contributed by atoms with Crippen molar-refractivity contribution in [3.63, 3.8) is 0 Å². The summed E-state index contributed by atoms with van der Waals surface area (Å²) in [5.41, 5.74) is 5.39. The molecule has 0 fully saturated rings. The highest BCUT2D eigenvalue weighted by Gasteiger charge is 2.42. The molecule has 210 valence electrons. The number of carbonyl (C=O) groups excluding carboxylic acids is 3. The summed E-state index contributed by atoms with van der Waals surface area (Å²) in [5.74, 6) is -0.00739. The summed E-state index contributed by atoms with van der Waals surface area (Å²) in [6.07, 6.45) is 0.888. The highest BCUT2D eigenvalue weighted by atomic mass is 16.5. The summed E-state index contributed by atoms with van der Waals surface area (Å²) in [7, 11) is 2.96. The highest BCUT2D eigenvalue weighted by molar-refractivity contribution is 6.12. The second kappa shape index (κ2) is 11.4. The van der Waals surface area contributed by atoms with Gasteiger partial charge in [0.15, 0.2) is 5.78 Å². The molecule has 0 spiro atoms. The Labute approximate surface area is 244 Å². The smallest absolute Gasteiger partial charge is 0.337 e. The average Bonchev–Trinajstić information content (AvgIpc) is 3.19. The third-order valence-electron chi connectivity index (χ3n) is 7.96. The summed E-state index contributed by atoms with van der Waals surface area (Å²) in [5, 5.41) is 3.56. The largest absolute Gasteiger partial charge is 0.497 e. The number of nitrogens with one attached hydrogen (secondary N) is 1. The normalized spacial score (nSPS) is 17.9. The van der Waals surface area contributed by atoms with E-state index in [0.717, 1.165) is 22.7 Å². The lowest BCUT2D eigenvalue weighted by molar-refractivity contribution is -0.116. The van der Waals surface area contributed by atoms with E-state index in [9.17, 15) is 14.4 Å². The molecule has 0 aromatic heterocycles. The predicted octanol–water partition coefficient (Wildman–Crippen LogP) is 6.70. The lowest BCUT2D eigenvalue weighted by Crippen LogP contribution is -2.38. The maximum Gasteiger partial charge on any atom is 0.337 e. The van der Waals surface area contributed by atoms with Crippen molar-refractivity contribution in [2.24, 2.45) is 0 Å². The number of hydrogen-bond donors (Lipinski definition) is 1. The van der Waals surface area contributed by atoms with Crippen LogP contribution in [0.15, 0.2) is 114 Å². The van der Waals surface area contributed by atoms with Crippen LogP contribution >= 0.6 is 0 Å². The molecule has 4 aromatic rings. The fourth-order valence-corrected chi connectivity index (χ4v) is 5.88. The predicted molar refractivity (Wildman–Crippen MR) is 161 cm³/mol. The van der Waals surface area contributed by atoms with Crippen molar-refractivity contribution in [3.8, 4) is 5.75 Å². The van der Waals surface area contributed by atoms with Crippen molar-refractivity contribution in [1.29, 1.82) is 0 Å². The Morgan fingerprint density at radius 2 is 1.43 bits per heavy atom. The molecule has 1 aliphatic heterocycles. The van der Waals surface area contributed by atoms with Crippen LogP contribution in [0.3, 0.4) is 0 Å². The van der Waals surface area contributed by atoms with Crippen LogP contribution in [-0.2, 0) is 9.53 Å². The quantitative estimate of drug-likeness (QED) is 0.275. The number of hydrogen-bond acceptors (Lipinski definition) is 6. The van der Waals surface area contributed by atoms with Gasteiger partial charge in [0.25, 0.3) is 5.91 Å². The molecule has 7 heteroatoms. The van der Waals surface area contributed by atoms with Gasteiger partial charge in [0.05, 0.1) is 37.2 Å². The van der Waals surface area contributed by atoms with E-state index in [-0.39, 0.29) is 17.6 Å². The zero-order valence-electron chi connectivity index (χ0n) is 23.4. The summed E-state index contributed by atoms with van der Waals surface area (Å²) in [6, 6.07) is 30.7. The molecule has 1 aliphatic carbocycles. The number of ether oxygens (including phenoxy) is 2. The zero-order valence-corrected chi connectivity index (χ0v) is 23.4. The van der Waals surface area contributed by atoms with Gasteiger partial charge in [-0.05, 0) is 72.0 Å². The number of methoxy groups -OCH3 is 2. The van der Waals surface area contributed by atoms with E-state index in [0.29, 0.717) is 40.8 Å². The van der Waals surface area contributed by atoms with Gasteiger partial charge in [-0.3, -0.25) is 14.5 Å². The molecule has 6 rings (SSSR count). The maximum atomic E-state index is 14.3. The van der Waals surface area contributed by atoms with Gasteiger partial charge in [0.2, 0.25) is 0 Å². The van der Waals surface area contributed by atoms with E-state index in [1.807, 2.05) is 66.7 Å². The number of benzene rings is 4. The van der Waals surface area contributed by atoms with Crippen molar-refractivity contribution in [1.82, 2.24) is 0 Å². The van der Waals surface area contributed by atoms with E-state index in [1.54, 1.807) is 48.4 Å². The van der Waals surface area contributed by atoms with E-state index >= 15 is 0 Å². The van der Waals surface area contributed by atoms with Gasteiger partial charge in [-0.2, -0.15) is 0 Å². The van der Waals surface area contributed by atoms with E-state index in [4.69, 9.17) is 9.47 Å². The van der Waals surface area contributed by atoms with Gasteiger partial charge in [0.1, 0.15) is 5.75 Å². The fourth-order valence-electron chi connectivity index (χ4n) is 5.88. The van der Waals surface area contributed by atoms with E-state index < -0.39 is 12.0 Å². The van der Waals surface area contributed by atoms with Crippen molar-refractivity contribution < 1.29 is 23.9 Å². The van der Waals surface area contributed by atoms with Gasteiger partial charge in [-0.25, -0.2) is 4.79 Å². The van der Waals surface area contributed by atoms with Crippen LogP contribution in [0.4, 0.5) is 11.4 Å². The number of allylic oxidation sites excluding steroid dienone is 1. The average molecular weight is 559 g/mol. The van der Waals surface area contributed by atoms with Gasteiger partial charge < -0.3 is 14.8 Å². The summed E-state index contributed by atoms with van der Waals surface area (Å²) < 4.78 is 10.2. The van der Waals surface area contributed by atoms with Gasteiger partial charge in [-0.1, -0.05) is 54.6 Å². The van der Waals surface area contributed by atoms with Gasteiger partial charge >= 0.3 is 5.97 Å². The molecule has 0 saturated heterocycles. The van der Waals surface area contributed by atoms with Crippen molar-refractivity contribution in [3.05, 3.63) is 137 Å². The molecule has 1 heterocycles. The summed E-state index contributed by atoms with van der Waals surface area (Å²) in [6.45, 7) is 0. The second-order valence-corrected chi connectivity index (χ2v) is 10.4. The van der Waals surface area contributed by atoms with Crippen LogP contribution in [0.2, 0.25) is 0 Å². The molecule has 0 bridgehead atoms. The minimum absolute atomic E-state index is 0.0368. The first-order valence-corrected chi connectivity index (χ1v) is 13.8. The Morgan fingerprint density at radius 1 is 0.762 bits per heavy atom. The van der Waals surface area contributed by atoms with Crippen LogP contribution < -0.4 is 15.0 Å². The Kier molecular flexibility index (Phi) is 7.32. The first kappa shape index (κ1) is 27.0. The lowest BCUT2D eigenvalue weighted by atomic mass is 9.78. The maximum absolute atomic E-state index is 14.3. The summed E-state index contributed by atoms with van der Waals surface area (Å²) >= 11 is 0. The van der Waals surface area contributed by atoms with Crippen molar-refractivity contribution in [2.45, 2.75) is 24.8 Å². The first-order valence-electron chi connectivity index (χ1n) is 13.8. The number of ketones is 1. The summed E-state index contributed by atoms with van der Waals surface area (Å²) in [4.78, 5) is 42.4. The highest BCUT2D eigenvalue weighted by Crippen LogP contribution is 2.48. The number of para-hydroxylation sites is 2. The zero-order chi connectivity index (χ0) is 29.2. The lowest BCUT2D eigenvalue weighted by Gasteiger charge is -2.35. The molecule has 2 aliphatic rings. The van der Waals surface area contributed by atoms with E-state index in [2.05, 4.69) is 5.32 Å². The first-order chi connectivity index (χ1) is 20.5. The molecule has 0 unspecified atom stereocenters. The van der Waals surface area contributed by atoms with Gasteiger partial charge in [-0.15, -0.1) is 0 Å². The molecule has 0 radical (unpaired) electrons. The molecule has 0 saturated carbocycles. The molecule has 1 amide bonds. The Bertz CT molecular complexity index is 1680. The third-order valence-corrected chi connectivity index (χ3v) is 7.96. The van der Waals surface area contributed by atoms with Crippen LogP contribution in [0.25, 0.3) is 0 Å². The minimum Gasteiger partial charge on any atom is -0.497 e. The monoisotopic (exact) mass is 558 g/mol. The number of anilines is 2. The molecule has 7 nitrogen and oxygen atoms in total. The Hall–Kier alpha value is -5.17. The van der Waals surface area contributed by atoms with Gasteiger partial charge in [0, 0.05) is 23.3 Å².